The van der Waals surface area contributed by atoms with Crippen LogP contribution in [-0.2, 0) is 37.1 Å². The Morgan fingerprint density at radius 3 is 2.88 bits per heavy atom. The molecule has 0 amide bonds. The van der Waals surface area contributed by atoms with Crippen molar-refractivity contribution in [2.75, 3.05) is 6.61 Å². The van der Waals surface area contributed by atoms with E-state index in [0.717, 1.165) is 48.7 Å². The van der Waals surface area contributed by atoms with Gasteiger partial charge in [-0.05, 0) is 75.5 Å². The highest BCUT2D eigenvalue weighted by Crippen LogP contribution is 2.60. The zero-order valence-electron chi connectivity index (χ0n) is 24.6. The van der Waals surface area contributed by atoms with Gasteiger partial charge in [-0.3, -0.25) is 0 Å². The fourth-order valence-corrected chi connectivity index (χ4v) is 7.57. The number of ether oxygens (including phenoxy) is 4. The van der Waals surface area contributed by atoms with E-state index in [1.165, 1.54) is 6.07 Å². The van der Waals surface area contributed by atoms with Crippen molar-refractivity contribution in [3.63, 3.8) is 0 Å². The summed E-state index contributed by atoms with van der Waals surface area (Å²) in [4.78, 5) is 23.8. The Balaban J connectivity index is 0.928. The van der Waals surface area contributed by atoms with Gasteiger partial charge in [0.25, 0.3) is 0 Å². The lowest BCUT2D eigenvalue weighted by Gasteiger charge is -2.60. The minimum Gasteiger partial charge on any atom is -0.471 e. The standard InChI is InChI=1S/C31H39N3O8/c1-18-7-10-25-20(3)28(39-29-31(25)24(18)11-12-30(4,40-29)41-42-31)36-13-5-6-21-16-34(33-32-21)17-37-22-8-9-23-19(2)14-27(35)38-26(23)15-22/h8-9,14-16,18,20,24-25,28-29H,5-7,10-13,17H2,1-4H3/t18-,20-,24+,25+,28+,29-,30-,31-/m1/s1. The lowest BCUT2D eigenvalue weighted by atomic mass is 9.58. The first kappa shape index (κ1) is 28.0. The quantitative estimate of drug-likeness (QED) is 0.207. The first-order valence-electron chi connectivity index (χ1n) is 15.1. The van der Waals surface area contributed by atoms with Crippen LogP contribution in [0.5, 0.6) is 5.75 Å². The Hall–Kier alpha value is -2.83. The molecule has 11 heteroatoms. The highest BCUT2D eigenvalue weighted by molar-refractivity contribution is 5.81. The minimum absolute atomic E-state index is 0.149. The number of benzene rings is 1. The average Bonchev–Trinajstić information content (AvgIpc) is 3.30. The fraction of sp³-hybridized carbons (Fsp3) is 0.645. The second kappa shape index (κ2) is 10.7. The molecular weight excluding hydrogens is 542 g/mol. The molecule has 1 spiro atoms. The van der Waals surface area contributed by atoms with E-state index in [1.54, 1.807) is 10.7 Å². The average molecular weight is 582 g/mol. The van der Waals surface area contributed by atoms with Gasteiger partial charge in [-0.1, -0.05) is 19.1 Å². The van der Waals surface area contributed by atoms with E-state index >= 15 is 0 Å². The van der Waals surface area contributed by atoms with Crippen LogP contribution in [-0.4, -0.2) is 45.6 Å². The monoisotopic (exact) mass is 581 g/mol. The van der Waals surface area contributed by atoms with E-state index in [9.17, 15) is 4.79 Å². The largest absolute Gasteiger partial charge is 0.471 e. The van der Waals surface area contributed by atoms with Gasteiger partial charge in [-0.2, -0.15) is 0 Å². The Labute approximate surface area is 244 Å². The Kier molecular flexibility index (Phi) is 7.13. The van der Waals surface area contributed by atoms with Crippen molar-refractivity contribution < 1.29 is 33.1 Å². The maximum atomic E-state index is 11.7. The molecule has 0 unspecified atom stereocenters. The third-order valence-electron chi connectivity index (χ3n) is 9.83. The molecule has 8 atom stereocenters. The number of hydrogen-bond donors (Lipinski definition) is 0. The molecule has 4 aliphatic heterocycles. The number of rotatable bonds is 8. The summed E-state index contributed by atoms with van der Waals surface area (Å²) < 4.78 is 32.0. The van der Waals surface area contributed by atoms with Gasteiger partial charge in [0, 0.05) is 35.8 Å². The molecule has 6 heterocycles. The van der Waals surface area contributed by atoms with Crippen LogP contribution in [0.4, 0.5) is 0 Å². The molecule has 11 nitrogen and oxygen atoms in total. The Morgan fingerprint density at radius 1 is 1.12 bits per heavy atom. The number of aromatic nitrogens is 3. The molecule has 226 valence electrons. The van der Waals surface area contributed by atoms with Crippen molar-refractivity contribution in [1.29, 1.82) is 0 Å². The van der Waals surface area contributed by atoms with Crippen molar-refractivity contribution >= 4 is 11.0 Å². The molecule has 0 radical (unpaired) electrons. The van der Waals surface area contributed by atoms with Crippen LogP contribution in [0.3, 0.4) is 0 Å². The topological polar surface area (TPSA) is 116 Å². The lowest BCUT2D eigenvalue weighted by molar-refractivity contribution is -0.577. The SMILES string of the molecule is Cc1cc(=O)oc2cc(OCn3cc(CCCO[C@H]4O[C@@H]5O[C@@]6(C)CC[C@H]7[C@H](C)CC[C@@H]([C@H]4C)[C@@]57OO6)nn3)ccc12. The van der Waals surface area contributed by atoms with Gasteiger partial charge in [-0.15, -0.1) is 5.10 Å². The number of fused-ring (bicyclic) bond motifs is 3. The van der Waals surface area contributed by atoms with Crippen molar-refractivity contribution in [2.24, 2.45) is 23.7 Å². The van der Waals surface area contributed by atoms with E-state index in [2.05, 4.69) is 24.2 Å². The molecule has 2 aromatic heterocycles. The summed E-state index contributed by atoms with van der Waals surface area (Å²) in [5.74, 6) is 1.06. The van der Waals surface area contributed by atoms with E-state index in [1.807, 2.05) is 32.2 Å². The molecule has 1 aliphatic carbocycles. The first-order chi connectivity index (χ1) is 20.2. The van der Waals surface area contributed by atoms with E-state index in [4.69, 9.17) is 33.1 Å². The first-order valence-corrected chi connectivity index (χ1v) is 15.1. The van der Waals surface area contributed by atoms with E-state index < -0.39 is 17.7 Å². The number of hydrogen-bond acceptors (Lipinski definition) is 10. The maximum Gasteiger partial charge on any atom is 0.336 e. The number of nitrogens with zero attached hydrogens (tertiary/aromatic N) is 3. The van der Waals surface area contributed by atoms with Crippen molar-refractivity contribution in [1.82, 2.24) is 15.0 Å². The summed E-state index contributed by atoms with van der Waals surface area (Å²) in [6.07, 6.45) is 6.49. The van der Waals surface area contributed by atoms with Crippen LogP contribution in [0, 0.1) is 30.6 Å². The number of aryl methyl sites for hydroxylation is 2. The summed E-state index contributed by atoms with van der Waals surface area (Å²) in [6.45, 7) is 9.05. The van der Waals surface area contributed by atoms with E-state index in [-0.39, 0.29) is 30.5 Å². The summed E-state index contributed by atoms with van der Waals surface area (Å²) in [7, 11) is 0. The van der Waals surface area contributed by atoms with Crippen LogP contribution in [0.2, 0.25) is 0 Å². The van der Waals surface area contributed by atoms with Crippen LogP contribution in [0.25, 0.3) is 11.0 Å². The predicted molar refractivity (Wildman–Crippen MR) is 149 cm³/mol. The van der Waals surface area contributed by atoms with Crippen molar-refractivity contribution in [2.45, 2.75) is 96.9 Å². The Morgan fingerprint density at radius 2 is 2.00 bits per heavy atom. The zero-order valence-corrected chi connectivity index (χ0v) is 24.6. The minimum atomic E-state index is -0.790. The van der Waals surface area contributed by atoms with Crippen LogP contribution in [0.15, 0.2) is 39.7 Å². The molecule has 42 heavy (non-hydrogen) atoms. The second-order valence-electron chi connectivity index (χ2n) is 12.7. The van der Waals surface area contributed by atoms with E-state index in [0.29, 0.717) is 36.2 Å². The van der Waals surface area contributed by atoms with Gasteiger partial charge < -0.3 is 23.4 Å². The third kappa shape index (κ3) is 4.85. The Bertz CT molecular complexity index is 1510. The highest BCUT2D eigenvalue weighted by atomic mass is 17.3. The van der Waals surface area contributed by atoms with Gasteiger partial charge in [0.2, 0.25) is 5.79 Å². The molecule has 8 rings (SSSR count). The second-order valence-corrected chi connectivity index (χ2v) is 12.7. The van der Waals surface area contributed by atoms with Gasteiger partial charge in [0.15, 0.2) is 24.9 Å². The van der Waals surface area contributed by atoms with Gasteiger partial charge >= 0.3 is 5.63 Å². The molecule has 3 aromatic rings. The van der Waals surface area contributed by atoms with Gasteiger partial charge in [-0.25, -0.2) is 19.3 Å². The zero-order chi connectivity index (χ0) is 29.1. The summed E-state index contributed by atoms with van der Waals surface area (Å²) in [6, 6.07) is 6.92. The van der Waals surface area contributed by atoms with Crippen LogP contribution >= 0.6 is 0 Å². The molecule has 0 N–H and O–H groups in total. The van der Waals surface area contributed by atoms with Gasteiger partial charge in [0.05, 0.1) is 18.5 Å². The van der Waals surface area contributed by atoms with Crippen molar-refractivity contribution in [3.8, 4) is 5.75 Å². The molecular formula is C31H39N3O8. The molecule has 1 saturated carbocycles. The van der Waals surface area contributed by atoms with Crippen LogP contribution < -0.4 is 10.4 Å². The summed E-state index contributed by atoms with van der Waals surface area (Å²) in [5.41, 5.74) is 1.26. The predicted octanol–water partition coefficient (Wildman–Crippen LogP) is 4.89. The third-order valence-corrected chi connectivity index (χ3v) is 9.83. The highest BCUT2D eigenvalue weighted by Gasteiger charge is 2.69. The fourth-order valence-electron chi connectivity index (χ4n) is 7.57. The maximum absolute atomic E-state index is 11.7. The van der Waals surface area contributed by atoms with Crippen molar-refractivity contribution in [3.05, 3.63) is 52.1 Å². The lowest BCUT2D eigenvalue weighted by Crippen LogP contribution is -2.70. The summed E-state index contributed by atoms with van der Waals surface area (Å²) in [5, 5.41) is 9.34. The molecule has 2 bridgehead atoms. The van der Waals surface area contributed by atoms with Crippen LogP contribution in [0.1, 0.15) is 64.1 Å². The smallest absolute Gasteiger partial charge is 0.336 e. The summed E-state index contributed by atoms with van der Waals surface area (Å²) >= 11 is 0. The normalized spacial score (nSPS) is 35.6. The van der Waals surface area contributed by atoms with Gasteiger partial charge in [0.1, 0.15) is 11.3 Å². The molecule has 5 fully saturated rings. The molecule has 4 saturated heterocycles. The molecule has 5 aliphatic rings. The molecule has 1 aromatic carbocycles.